The molecule has 0 saturated carbocycles. The molecule has 0 radical (unpaired) electrons. The molecule has 2 heterocycles. The number of aromatic nitrogens is 2. The molecule has 1 fully saturated rings. The van der Waals surface area contributed by atoms with Crippen LogP contribution in [0.1, 0.15) is 21.7 Å². The molecule has 1 aliphatic rings. The van der Waals surface area contributed by atoms with Crippen molar-refractivity contribution in [2.24, 2.45) is 0 Å². The van der Waals surface area contributed by atoms with E-state index in [0.29, 0.717) is 62.0 Å². The van der Waals surface area contributed by atoms with Crippen LogP contribution < -0.4 is 5.32 Å². The number of piperazine rings is 1. The first kappa shape index (κ1) is 18.8. The maximum Gasteiger partial charge on any atom is 0.272 e. The van der Waals surface area contributed by atoms with E-state index in [1.54, 1.807) is 41.0 Å². The van der Waals surface area contributed by atoms with Crippen LogP contribution in [0.3, 0.4) is 0 Å². The second-order valence-corrected chi connectivity index (χ2v) is 6.42. The third kappa shape index (κ3) is 4.78. The van der Waals surface area contributed by atoms with E-state index in [1.165, 1.54) is 6.07 Å². The van der Waals surface area contributed by atoms with E-state index in [4.69, 9.17) is 0 Å². The van der Waals surface area contributed by atoms with E-state index >= 15 is 0 Å². The minimum atomic E-state index is -0.241. The standard InChI is InChI=1S/C19H22FN5O2/c1-14-12-17(18(27)25-10-8-24(13-26)9-11-25)23-19(22-14)21-7-6-15-4-2-3-5-16(15)20/h2-5,12-13H,6-11H2,1H3,(H,21,22,23). The van der Waals surface area contributed by atoms with Crippen LogP contribution in [0.4, 0.5) is 10.3 Å². The number of anilines is 1. The van der Waals surface area contributed by atoms with Gasteiger partial charge < -0.3 is 15.1 Å². The quantitative estimate of drug-likeness (QED) is 0.779. The minimum absolute atomic E-state index is 0.178. The van der Waals surface area contributed by atoms with Crippen molar-refractivity contribution in [1.82, 2.24) is 19.8 Å². The summed E-state index contributed by atoms with van der Waals surface area (Å²) in [6, 6.07) is 8.27. The van der Waals surface area contributed by atoms with Crippen LogP contribution in [0, 0.1) is 12.7 Å². The van der Waals surface area contributed by atoms with E-state index < -0.39 is 0 Å². The third-order valence-corrected chi connectivity index (χ3v) is 4.46. The summed E-state index contributed by atoms with van der Waals surface area (Å²) in [4.78, 5) is 35.4. The van der Waals surface area contributed by atoms with Gasteiger partial charge in [-0.1, -0.05) is 18.2 Å². The van der Waals surface area contributed by atoms with Gasteiger partial charge in [-0.2, -0.15) is 0 Å². The van der Waals surface area contributed by atoms with Gasteiger partial charge in [0.05, 0.1) is 0 Å². The van der Waals surface area contributed by atoms with Gasteiger partial charge in [-0.25, -0.2) is 14.4 Å². The summed E-state index contributed by atoms with van der Waals surface area (Å²) in [7, 11) is 0. The van der Waals surface area contributed by atoms with Gasteiger partial charge in [-0.3, -0.25) is 9.59 Å². The molecule has 1 N–H and O–H groups in total. The molecule has 1 aromatic heterocycles. The monoisotopic (exact) mass is 371 g/mol. The van der Waals surface area contributed by atoms with Crippen molar-refractivity contribution in [2.75, 3.05) is 38.0 Å². The molecule has 2 amide bonds. The smallest absolute Gasteiger partial charge is 0.272 e. The molecule has 0 spiro atoms. The summed E-state index contributed by atoms with van der Waals surface area (Å²) in [5.41, 5.74) is 1.60. The molecule has 1 aliphatic heterocycles. The lowest BCUT2D eigenvalue weighted by atomic mass is 10.1. The zero-order valence-corrected chi connectivity index (χ0v) is 15.2. The maximum atomic E-state index is 13.7. The lowest BCUT2D eigenvalue weighted by molar-refractivity contribution is -0.119. The molecule has 0 atom stereocenters. The van der Waals surface area contributed by atoms with Gasteiger partial charge in [0.2, 0.25) is 12.4 Å². The van der Waals surface area contributed by atoms with Crippen molar-refractivity contribution >= 4 is 18.3 Å². The molecular formula is C19H22FN5O2. The second kappa shape index (κ2) is 8.57. The Kier molecular flexibility index (Phi) is 5.95. The van der Waals surface area contributed by atoms with Crippen molar-refractivity contribution in [2.45, 2.75) is 13.3 Å². The van der Waals surface area contributed by atoms with Crippen LogP contribution in [-0.4, -0.2) is 64.8 Å². The molecule has 142 valence electrons. The van der Waals surface area contributed by atoms with Gasteiger partial charge in [-0.15, -0.1) is 0 Å². The Labute approximate surface area is 157 Å². The predicted octanol–water partition coefficient (Wildman–Crippen LogP) is 1.49. The first-order valence-corrected chi connectivity index (χ1v) is 8.88. The van der Waals surface area contributed by atoms with E-state index in [-0.39, 0.29) is 11.7 Å². The molecule has 1 aromatic carbocycles. The fourth-order valence-electron chi connectivity index (χ4n) is 2.96. The summed E-state index contributed by atoms with van der Waals surface area (Å²) in [6.07, 6.45) is 1.29. The first-order valence-electron chi connectivity index (χ1n) is 8.88. The highest BCUT2D eigenvalue weighted by Gasteiger charge is 2.23. The fourth-order valence-corrected chi connectivity index (χ4v) is 2.96. The van der Waals surface area contributed by atoms with Crippen LogP contribution in [0.2, 0.25) is 0 Å². The molecule has 0 aliphatic carbocycles. The second-order valence-electron chi connectivity index (χ2n) is 6.42. The number of nitrogens with one attached hydrogen (secondary N) is 1. The lowest BCUT2D eigenvalue weighted by Crippen LogP contribution is -2.48. The molecule has 3 rings (SSSR count). The van der Waals surface area contributed by atoms with Gasteiger partial charge in [0.15, 0.2) is 0 Å². The molecule has 7 nitrogen and oxygen atoms in total. The Morgan fingerprint density at radius 3 is 2.67 bits per heavy atom. The summed E-state index contributed by atoms with van der Waals surface area (Å²) in [5.74, 6) is -0.0702. The van der Waals surface area contributed by atoms with E-state index in [0.717, 1.165) is 6.41 Å². The summed E-state index contributed by atoms with van der Waals surface area (Å²) < 4.78 is 13.7. The number of nitrogens with zero attached hydrogens (tertiary/aromatic N) is 4. The topological polar surface area (TPSA) is 78.4 Å². The van der Waals surface area contributed by atoms with Crippen LogP contribution in [0.15, 0.2) is 30.3 Å². The zero-order chi connectivity index (χ0) is 19.2. The van der Waals surface area contributed by atoms with Crippen molar-refractivity contribution in [3.8, 4) is 0 Å². The molecule has 0 bridgehead atoms. The van der Waals surface area contributed by atoms with Crippen molar-refractivity contribution in [3.63, 3.8) is 0 Å². The SMILES string of the molecule is Cc1cc(C(=O)N2CCN(C=O)CC2)nc(NCCc2ccccc2F)n1. The average molecular weight is 371 g/mol. The zero-order valence-electron chi connectivity index (χ0n) is 15.2. The Bertz CT molecular complexity index is 821. The van der Waals surface area contributed by atoms with Crippen LogP contribution in [-0.2, 0) is 11.2 Å². The highest BCUT2D eigenvalue weighted by molar-refractivity contribution is 5.92. The average Bonchev–Trinajstić information content (AvgIpc) is 2.68. The largest absolute Gasteiger partial charge is 0.354 e. The highest BCUT2D eigenvalue weighted by Crippen LogP contribution is 2.11. The van der Waals surface area contributed by atoms with Gasteiger partial charge >= 0.3 is 0 Å². The fraction of sp³-hybridized carbons (Fsp3) is 0.368. The first-order chi connectivity index (χ1) is 13.1. The van der Waals surface area contributed by atoms with E-state index in [2.05, 4.69) is 15.3 Å². The number of amides is 2. The van der Waals surface area contributed by atoms with Crippen LogP contribution >= 0.6 is 0 Å². The van der Waals surface area contributed by atoms with Gasteiger partial charge in [-0.05, 0) is 31.0 Å². The number of benzene rings is 1. The Hall–Kier alpha value is -3.03. The van der Waals surface area contributed by atoms with Crippen LogP contribution in [0.25, 0.3) is 0 Å². The minimum Gasteiger partial charge on any atom is -0.354 e. The van der Waals surface area contributed by atoms with Crippen molar-refractivity contribution in [3.05, 3.63) is 53.1 Å². The predicted molar refractivity (Wildman–Crippen MR) is 98.9 cm³/mol. The Morgan fingerprint density at radius 2 is 1.96 bits per heavy atom. The third-order valence-electron chi connectivity index (χ3n) is 4.46. The highest BCUT2D eigenvalue weighted by atomic mass is 19.1. The number of rotatable bonds is 6. The van der Waals surface area contributed by atoms with Crippen LogP contribution in [0.5, 0.6) is 0 Å². The molecular weight excluding hydrogens is 349 g/mol. The number of hydrogen-bond acceptors (Lipinski definition) is 5. The number of halogens is 1. The normalized spacial score (nSPS) is 14.1. The Morgan fingerprint density at radius 1 is 1.22 bits per heavy atom. The van der Waals surface area contributed by atoms with E-state index in [1.807, 2.05) is 0 Å². The number of carbonyl (C=O) groups is 2. The maximum absolute atomic E-state index is 13.7. The molecule has 1 saturated heterocycles. The molecule has 27 heavy (non-hydrogen) atoms. The number of aryl methyl sites for hydroxylation is 1. The Balaban J connectivity index is 1.63. The number of hydrogen-bond donors (Lipinski definition) is 1. The molecule has 8 heteroatoms. The lowest BCUT2D eigenvalue weighted by Gasteiger charge is -2.32. The summed E-state index contributed by atoms with van der Waals surface area (Å²) >= 11 is 0. The van der Waals surface area contributed by atoms with Gasteiger partial charge in [0.25, 0.3) is 5.91 Å². The van der Waals surface area contributed by atoms with Crippen molar-refractivity contribution in [1.29, 1.82) is 0 Å². The number of carbonyl (C=O) groups excluding carboxylic acids is 2. The van der Waals surface area contributed by atoms with Gasteiger partial charge in [0.1, 0.15) is 11.5 Å². The van der Waals surface area contributed by atoms with Gasteiger partial charge in [0, 0.05) is 38.4 Å². The summed E-state index contributed by atoms with van der Waals surface area (Å²) in [5, 5.41) is 3.06. The summed E-state index contributed by atoms with van der Waals surface area (Å²) in [6.45, 7) is 4.26. The van der Waals surface area contributed by atoms with Crippen molar-refractivity contribution < 1.29 is 14.0 Å². The van der Waals surface area contributed by atoms with E-state index in [9.17, 15) is 14.0 Å². The molecule has 0 unspecified atom stereocenters. The molecule has 2 aromatic rings.